The number of imidazole rings is 1. The summed E-state index contributed by atoms with van der Waals surface area (Å²) >= 11 is 7.63. The molecular weight excluding hydrogens is 472 g/mol. The van der Waals surface area contributed by atoms with Crippen LogP contribution in [-0.2, 0) is 29.2 Å². The molecule has 4 heterocycles. The molecule has 1 aromatic carbocycles. The van der Waals surface area contributed by atoms with Crippen LogP contribution >= 0.6 is 23.4 Å². The van der Waals surface area contributed by atoms with Crippen molar-refractivity contribution in [1.29, 1.82) is 0 Å². The van der Waals surface area contributed by atoms with Crippen molar-refractivity contribution in [3.8, 4) is 11.5 Å². The van der Waals surface area contributed by atoms with Crippen LogP contribution in [0.1, 0.15) is 22.6 Å². The summed E-state index contributed by atoms with van der Waals surface area (Å²) in [6.07, 6.45) is 4.07. The Morgan fingerprint density at radius 2 is 2.06 bits per heavy atom. The zero-order chi connectivity index (χ0) is 23.4. The van der Waals surface area contributed by atoms with Crippen molar-refractivity contribution < 1.29 is 34.3 Å². The Hall–Kier alpha value is -3.18. The van der Waals surface area contributed by atoms with E-state index in [1.54, 1.807) is 16.7 Å². The van der Waals surface area contributed by atoms with Crippen molar-refractivity contribution in [3.63, 3.8) is 0 Å². The van der Waals surface area contributed by atoms with Crippen molar-refractivity contribution >= 4 is 41.1 Å². The van der Waals surface area contributed by atoms with Gasteiger partial charge in [0.05, 0.1) is 28.9 Å². The minimum Gasteiger partial charge on any atom is -0.504 e. The molecule has 0 saturated carbocycles. The molecule has 2 aromatic rings. The first-order valence-corrected chi connectivity index (χ1v) is 11.6. The second-order valence-corrected chi connectivity index (χ2v) is 9.59. The first-order chi connectivity index (χ1) is 15.8. The number of carbonyl (C=O) groups is 3. The molecule has 33 heavy (non-hydrogen) atoms. The lowest BCUT2D eigenvalue weighted by atomic mass is 10.1. The summed E-state index contributed by atoms with van der Waals surface area (Å²) in [6.45, 7) is 1.48. The predicted molar refractivity (Wildman–Crippen MR) is 117 cm³/mol. The molecule has 3 aliphatic rings. The fourth-order valence-corrected chi connectivity index (χ4v) is 5.87. The van der Waals surface area contributed by atoms with Crippen molar-refractivity contribution in [2.24, 2.45) is 0 Å². The number of phenolic OH excluding ortho intramolecular Hbond substituents is 2. The lowest BCUT2D eigenvalue weighted by molar-refractivity contribution is -0.710. The van der Waals surface area contributed by atoms with E-state index in [2.05, 4.69) is 0 Å². The van der Waals surface area contributed by atoms with Crippen molar-refractivity contribution in [3.05, 3.63) is 52.2 Å². The standard InChI is InChI=1S/C21H19ClN4O6S/c22-17-12(1-2-13(27)19(17)29)20(30)25-6-4-23-3-5-24(14(23)9-25)8-11-10-33-16-7-15(28)26(16)18(11)21(31)32/h1-3,5,16H,4,6-10H2,(H2-,27,29,30,31,32)/p+1/t16-/m1/s1. The Kier molecular flexibility index (Phi) is 5.25. The number of carboxylic acids is 1. The largest absolute Gasteiger partial charge is 0.504 e. The van der Waals surface area contributed by atoms with Gasteiger partial charge >= 0.3 is 5.97 Å². The molecule has 0 bridgehead atoms. The summed E-state index contributed by atoms with van der Waals surface area (Å²) in [7, 11) is 0. The zero-order valence-corrected chi connectivity index (χ0v) is 18.8. The zero-order valence-electron chi connectivity index (χ0n) is 17.3. The number of nitrogens with zero attached hydrogens (tertiary/aromatic N) is 4. The van der Waals surface area contributed by atoms with Crippen LogP contribution in [0.4, 0.5) is 0 Å². The number of hydrogen-bond donors (Lipinski definition) is 3. The van der Waals surface area contributed by atoms with Gasteiger partial charge in [0.1, 0.15) is 37.7 Å². The Morgan fingerprint density at radius 3 is 2.79 bits per heavy atom. The van der Waals surface area contributed by atoms with Gasteiger partial charge in [-0.3, -0.25) is 14.5 Å². The van der Waals surface area contributed by atoms with Crippen LogP contribution in [0.25, 0.3) is 0 Å². The molecule has 10 nitrogen and oxygen atoms in total. The summed E-state index contributed by atoms with van der Waals surface area (Å²) < 4.78 is 3.88. The quantitative estimate of drug-likeness (QED) is 0.332. The van der Waals surface area contributed by atoms with Crippen molar-refractivity contribution in [1.82, 2.24) is 14.4 Å². The first-order valence-electron chi connectivity index (χ1n) is 10.2. The maximum absolute atomic E-state index is 13.1. The van der Waals surface area contributed by atoms with Gasteiger partial charge in [0, 0.05) is 11.3 Å². The number of hydrogen-bond acceptors (Lipinski definition) is 6. The minimum absolute atomic E-state index is 0.0533. The fourth-order valence-electron chi connectivity index (χ4n) is 4.37. The SMILES string of the molecule is O=C(O)C1=C(Cn2cc[n+]3c2CN(C(=O)c2ccc(O)c(O)c2Cl)CC3)CS[C@@H]2CC(=O)N12. The molecule has 0 spiro atoms. The second-order valence-electron chi connectivity index (χ2n) is 8.05. The molecule has 0 unspecified atom stereocenters. The molecule has 1 saturated heterocycles. The number of aromatic hydroxyl groups is 2. The van der Waals surface area contributed by atoms with Gasteiger partial charge < -0.3 is 20.2 Å². The highest BCUT2D eigenvalue weighted by molar-refractivity contribution is 8.00. The molecule has 5 rings (SSSR count). The van der Waals surface area contributed by atoms with Crippen LogP contribution in [-0.4, -0.2) is 65.1 Å². The highest BCUT2D eigenvalue weighted by Gasteiger charge is 2.45. The summed E-state index contributed by atoms with van der Waals surface area (Å²) in [6, 6.07) is 2.58. The monoisotopic (exact) mass is 491 g/mol. The highest BCUT2D eigenvalue weighted by atomic mass is 35.5. The van der Waals surface area contributed by atoms with E-state index in [9.17, 15) is 29.7 Å². The predicted octanol–water partition coefficient (Wildman–Crippen LogP) is 1.14. The first kappa shape index (κ1) is 21.7. The van der Waals surface area contributed by atoms with Gasteiger partial charge in [-0.05, 0) is 12.1 Å². The van der Waals surface area contributed by atoms with Gasteiger partial charge in [0.2, 0.25) is 5.91 Å². The number of carbonyl (C=O) groups excluding carboxylic acids is 2. The Bertz CT molecular complexity index is 1240. The number of rotatable bonds is 4. The number of amides is 2. The van der Waals surface area contributed by atoms with Gasteiger partial charge in [0.25, 0.3) is 11.7 Å². The molecule has 172 valence electrons. The van der Waals surface area contributed by atoms with E-state index in [0.29, 0.717) is 30.8 Å². The summed E-state index contributed by atoms with van der Waals surface area (Å²) in [5.74, 6) is -1.32. The summed E-state index contributed by atoms with van der Waals surface area (Å²) in [5.41, 5.74) is 0.781. The van der Waals surface area contributed by atoms with E-state index in [4.69, 9.17) is 11.6 Å². The number of halogens is 1. The molecular formula is C21H20ClN4O6S+. The van der Waals surface area contributed by atoms with Crippen LogP contribution in [0.3, 0.4) is 0 Å². The number of phenols is 2. The van der Waals surface area contributed by atoms with Crippen LogP contribution in [0.15, 0.2) is 35.8 Å². The van der Waals surface area contributed by atoms with E-state index in [1.807, 2.05) is 21.5 Å². The number of fused-ring (bicyclic) bond motifs is 2. The third-order valence-electron chi connectivity index (χ3n) is 6.14. The fraction of sp³-hybridized carbons (Fsp3) is 0.333. The lowest BCUT2D eigenvalue weighted by Gasteiger charge is -2.43. The third kappa shape index (κ3) is 3.51. The van der Waals surface area contributed by atoms with E-state index in [-0.39, 0.29) is 46.6 Å². The lowest BCUT2D eigenvalue weighted by Crippen LogP contribution is -2.54. The van der Waals surface area contributed by atoms with Gasteiger partial charge in [0.15, 0.2) is 11.5 Å². The Morgan fingerprint density at radius 1 is 1.27 bits per heavy atom. The highest BCUT2D eigenvalue weighted by Crippen LogP contribution is 2.40. The van der Waals surface area contributed by atoms with E-state index in [0.717, 1.165) is 5.82 Å². The van der Waals surface area contributed by atoms with Gasteiger partial charge in [-0.25, -0.2) is 13.9 Å². The second kappa shape index (κ2) is 7.99. The molecule has 1 fully saturated rings. The van der Waals surface area contributed by atoms with Crippen LogP contribution in [0.2, 0.25) is 5.02 Å². The average Bonchev–Trinajstić information content (AvgIpc) is 3.19. The Labute approximate surface area is 197 Å². The number of aromatic nitrogens is 2. The molecule has 1 atom stereocenters. The molecule has 3 N–H and O–H groups in total. The third-order valence-corrected chi connectivity index (χ3v) is 7.80. The number of aliphatic carboxylic acids is 1. The van der Waals surface area contributed by atoms with Crippen LogP contribution < -0.4 is 4.57 Å². The number of thioether (sulfide) groups is 1. The molecule has 1 aromatic heterocycles. The number of benzene rings is 1. The van der Waals surface area contributed by atoms with Crippen LogP contribution in [0, 0.1) is 0 Å². The molecule has 2 amide bonds. The Balaban J connectivity index is 1.42. The van der Waals surface area contributed by atoms with E-state index >= 15 is 0 Å². The van der Waals surface area contributed by atoms with Crippen LogP contribution in [0.5, 0.6) is 11.5 Å². The number of carboxylic acid groups (broad SMARTS) is 1. The normalized spacial score (nSPS) is 19.8. The van der Waals surface area contributed by atoms with Gasteiger partial charge in [-0.1, -0.05) is 11.6 Å². The number of β-lactam (4-membered cyclic amide) rings is 1. The van der Waals surface area contributed by atoms with Crippen molar-refractivity contribution in [2.45, 2.75) is 31.4 Å². The smallest absolute Gasteiger partial charge is 0.352 e. The van der Waals surface area contributed by atoms with E-state index in [1.165, 1.54) is 17.0 Å². The average molecular weight is 492 g/mol. The minimum atomic E-state index is -1.12. The molecule has 3 aliphatic heterocycles. The summed E-state index contributed by atoms with van der Waals surface area (Å²) in [4.78, 5) is 39.9. The van der Waals surface area contributed by atoms with E-state index < -0.39 is 17.5 Å². The molecule has 12 heteroatoms. The molecule has 0 aliphatic carbocycles. The van der Waals surface area contributed by atoms with Gasteiger partial charge in [-0.15, -0.1) is 11.8 Å². The summed E-state index contributed by atoms with van der Waals surface area (Å²) in [5, 5.41) is 28.9. The molecule has 0 radical (unpaired) electrons. The van der Waals surface area contributed by atoms with Crippen molar-refractivity contribution in [2.75, 3.05) is 12.3 Å². The topological polar surface area (TPSA) is 127 Å². The maximum Gasteiger partial charge on any atom is 0.352 e. The van der Waals surface area contributed by atoms with Gasteiger partial charge in [-0.2, -0.15) is 0 Å². The maximum atomic E-state index is 13.1.